The van der Waals surface area contributed by atoms with Crippen molar-refractivity contribution in [1.29, 1.82) is 0 Å². The lowest BCUT2D eigenvalue weighted by molar-refractivity contribution is -0.136. The van der Waals surface area contributed by atoms with Crippen molar-refractivity contribution >= 4 is 28.3 Å². The Morgan fingerprint density at radius 1 is 1.35 bits per heavy atom. The number of thiazole rings is 1. The number of carboxylic acids is 1. The zero-order valence-corrected chi connectivity index (χ0v) is 12.1. The number of likely N-dealkylation sites (tertiary alicyclic amines) is 1. The maximum atomic E-state index is 11.9. The van der Waals surface area contributed by atoms with E-state index in [-0.39, 0.29) is 12.3 Å². The number of aromatic nitrogens is 1. The first-order valence-corrected chi connectivity index (χ1v) is 7.71. The van der Waals surface area contributed by atoms with Gasteiger partial charge in [-0.3, -0.25) is 9.59 Å². The minimum absolute atomic E-state index is 0.0646. The fraction of sp³-hybridized carbons (Fsp3) is 0.615. The topological polar surface area (TPSA) is 82.5 Å². The van der Waals surface area contributed by atoms with E-state index >= 15 is 0 Å². The van der Waals surface area contributed by atoms with E-state index < -0.39 is 5.97 Å². The molecule has 0 radical (unpaired) electrons. The summed E-state index contributed by atoms with van der Waals surface area (Å²) in [4.78, 5) is 28.6. The number of piperidine rings is 1. The second-order valence-electron chi connectivity index (χ2n) is 4.83. The number of amides is 1. The summed E-state index contributed by atoms with van der Waals surface area (Å²) < 4.78 is 0. The van der Waals surface area contributed by atoms with Crippen LogP contribution in [0.5, 0.6) is 0 Å². The van der Waals surface area contributed by atoms with E-state index in [1.807, 2.05) is 4.90 Å². The molecule has 0 aromatic carbocycles. The summed E-state index contributed by atoms with van der Waals surface area (Å²) in [6.45, 7) is 2.28. The average Bonchev–Trinajstić information content (AvgIpc) is 2.86. The Labute approximate surface area is 121 Å². The molecule has 0 unspecified atom stereocenters. The van der Waals surface area contributed by atoms with Gasteiger partial charge >= 0.3 is 5.97 Å². The predicted octanol–water partition coefficient (Wildman–Crippen LogP) is 1.58. The van der Waals surface area contributed by atoms with Gasteiger partial charge in [-0.1, -0.05) is 0 Å². The number of nitrogens with zero attached hydrogens (tertiary/aromatic N) is 2. The van der Waals surface area contributed by atoms with Crippen molar-refractivity contribution in [1.82, 2.24) is 9.88 Å². The van der Waals surface area contributed by atoms with Gasteiger partial charge in [0.25, 0.3) is 0 Å². The van der Waals surface area contributed by atoms with Crippen LogP contribution in [-0.4, -0.2) is 46.5 Å². The molecule has 1 aliphatic heterocycles. The van der Waals surface area contributed by atoms with Gasteiger partial charge in [-0.05, 0) is 19.3 Å². The van der Waals surface area contributed by atoms with E-state index in [0.29, 0.717) is 23.8 Å². The molecular weight excluding hydrogens is 278 g/mol. The van der Waals surface area contributed by atoms with Crippen LogP contribution in [0.25, 0.3) is 0 Å². The molecule has 1 aliphatic rings. The number of carbonyl (C=O) groups is 2. The summed E-state index contributed by atoms with van der Waals surface area (Å²) in [5.74, 6) is -0.707. The van der Waals surface area contributed by atoms with Crippen molar-refractivity contribution in [2.75, 3.05) is 25.0 Å². The first-order valence-electron chi connectivity index (χ1n) is 6.83. The van der Waals surface area contributed by atoms with Gasteiger partial charge in [-0.2, -0.15) is 0 Å². The predicted molar refractivity (Wildman–Crippen MR) is 77.0 cm³/mol. The fourth-order valence-corrected chi connectivity index (χ4v) is 2.94. The van der Waals surface area contributed by atoms with Crippen LogP contribution >= 0.6 is 11.3 Å². The number of aliphatic carboxylic acids is 1. The van der Waals surface area contributed by atoms with E-state index in [0.717, 1.165) is 25.9 Å². The third kappa shape index (κ3) is 4.48. The molecule has 0 aliphatic carbocycles. The van der Waals surface area contributed by atoms with E-state index in [4.69, 9.17) is 5.11 Å². The largest absolute Gasteiger partial charge is 0.481 e. The molecule has 0 saturated carbocycles. The number of nitrogens with one attached hydrogen (secondary N) is 1. The molecule has 2 rings (SSSR count). The standard InChI is InChI=1S/C13H19N3O3S/c17-11(16-6-2-1-3-7-16)4-5-14-13-15-10(9-20-13)8-12(18)19/h9H,1-8H2,(H,14,15)(H,18,19). The maximum absolute atomic E-state index is 11.9. The molecule has 20 heavy (non-hydrogen) atoms. The fourth-order valence-electron chi connectivity index (χ4n) is 2.20. The number of rotatable bonds is 6. The lowest BCUT2D eigenvalue weighted by Gasteiger charge is -2.26. The summed E-state index contributed by atoms with van der Waals surface area (Å²) in [7, 11) is 0. The number of anilines is 1. The molecule has 0 atom stereocenters. The molecule has 0 spiro atoms. The van der Waals surface area contributed by atoms with Crippen LogP contribution in [-0.2, 0) is 16.0 Å². The lowest BCUT2D eigenvalue weighted by atomic mass is 10.1. The highest BCUT2D eigenvalue weighted by Gasteiger charge is 2.15. The number of hydrogen-bond donors (Lipinski definition) is 2. The zero-order chi connectivity index (χ0) is 14.4. The highest BCUT2D eigenvalue weighted by molar-refractivity contribution is 7.13. The summed E-state index contributed by atoms with van der Waals surface area (Å²) in [5, 5.41) is 14.1. The monoisotopic (exact) mass is 297 g/mol. The molecule has 1 fully saturated rings. The third-order valence-electron chi connectivity index (χ3n) is 3.21. The van der Waals surface area contributed by atoms with Crippen molar-refractivity contribution in [2.24, 2.45) is 0 Å². The van der Waals surface area contributed by atoms with Crippen molar-refractivity contribution in [3.63, 3.8) is 0 Å². The molecule has 2 N–H and O–H groups in total. The Morgan fingerprint density at radius 3 is 2.80 bits per heavy atom. The molecule has 1 aromatic rings. The van der Waals surface area contributed by atoms with Gasteiger partial charge in [0.2, 0.25) is 5.91 Å². The van der Waals surface area contributed by atoms with E-state index in [2.05, 4.69) is 10.3 Å². The molecule has 1 amide bonds. The first kappa shape index (κ1) is 14.8. The summed E-state index contributed by atoms with van der Waals surface area (Å²) >= 11 is 1.37. The van der Waals surface area contributed by atoms with Crippen LogP contribution in [0, 0.1) is 0 Å². The van der Waals surface area contributed by atoms with Gasteiger partial charge in [0.15, 0.2) is 5.13 Å². The number of carbonyl (C=O) groups excluding carboxylic acids is 1. The van der Waals surface area contributed by atoms with Gasteiger partial charge in [0.05, 0.1) is 12.1 Å². The van der Waals surface area contributed by atoms with Crippen LogP contribution in [0.1, 0.15) is 31.4 Å². The van der Waals surface area contributed by atoms with Gasteiger partial charge in [0.1, 0.15) is 0 Å². The van der Waals surface area contributed by atoms with Crippen molar-refractivity contribution in [3.05, 3.63) is 11.1 Å². The second kappa shape index (κ2) is 7.23. The normalized spacial score (nSPS) is 15.1. The second-order valence-corrected chi connectivity index (χ2v) is 5.69. The maximum Gasteiger partial charge on any atom is 0.309 e. The zero-order valence-electron chi connectivity index (χ0n) is 11.3. The Hall–Kier alpha value is -1.63. The highest BCUT2D eigenvalue weighted by atomic mass is 32.1. The van der Waals surface area contributed by atoms with Gasteiger partial charge < -0.3 is 15.3 Å². The number of hydrogen-bond acceptors (Lipinski definition) is 5. The van der Waals surface area contributed by atoms with E-state index in [1.165, 1.54) is 17.8 Å². The smallest absolute Gasteiger partial charge is 0.309 e. The highest BCUT2D eigenvalue weighted by Crippen LogP contribution is 2.16. The van der Waals surface area contributed by atoms with E-state index in [9.17, 15) is 9.59 Å². The first-order chi connectivity index (χ1) is 9.65. The molecule has 6 nitrogen and oxygen atoms in total. The van der Waals surface area contributed by atoms with Crippen LogP contribution in [0.15, 0.2) is 5.38 Å². The summed E-state index contributed by atoms with van der Waals surface area (Å²) in [5.41, 5.74) is 0.548. The van der Waals surface area contributed by atoms with Gasteiger partial charge in [-0.15, -0.1) is 11.3 Å². The minimum Gasteiger partial charge on any atom is -0.481 e. The molecular formula is C13H19N3O3S. The summed E-state index contributed by atoms with van der Waals surface area (Å²) in [6, 6.07) is 0. The van der Waals surface area contributed by atoms with Gasteiger partial charge in [-0.25, -0.2) is 4.98 Å². The molecule has 1 saturated heterocycles. The molecule has 2 heterocycles. The number of carboxylic acid groups (broad SMARTS) is 1. The minimum atomic E-state index is -0.887. The SMILES string of the molecule is O=C(O)Cc1csc(NCCC(=O)N2CCCCC2)n1. The Kier molecular flexibility index (Phi) is 5.34. The molecule has 110 valence electrons. The summed E-state index contributed by atoms with van der Waals surface area (Å²) in [6.07, 6.45) is 3.81. The Morgan fingerprint density at radius 2 is 2.10 bits per heavy atom. The van der Waals surface area contributed by atoms with E-state index in [1.54, 1.807) is 5.38 Å². The average molecular weight is 297 g/mol. The van der Waals surface area contributed by atoms with Crippen LogP contribution < -0.4 is 5.32 Å². The quantitative estimate of drug-likeness (QED) is 0.833. The van der Waals surface area contributed by atoms with Crippen LogP contribution in [0.4, 0.5) is 5.13 Å². The van der Waals surface area contributed by atoms with Gasteiger partial charge in [0, 0.05) is 31.4 Å². The Balaban J connectivity index is 1.70. The van der Waals surface area contributed by atoms with Crippen molar-refractivity contribution in [3.8, 4) is 0 Å². The molecule has 0 bridgehead atoms. The van der Waals surface area contributed by atoms with Crippen LogP contribution in [0.3, 0.4) is 0 Å². The van der Waals surface area contributed by atoms with Crippen molar-refractivity contribution < 1.29 is 14.7 Å². The molecule has 1 aromatic heterocycles. The van der Waals surface area contributed by atoms with Crippen molar-refractivity contribution in [2.45, 2.75) is 32.1 Å². The lowest BCUT2D eigenvalue weighted by Crippen LogP contribution is -2.36. The molecule has 7 heteroatoms. The Bertz CT molecular complexity index is 469. The third-order valence-corrected chi connectivity index (χ3v) is 4.06. The van der Waals surface area contributed by atoms with Crippen LogP contribution in [0.2, 0.25) is 0 Å².